The molecule has 1 aromatic rings. The Morgan fingerprint density at radius 3 is 2.44 bits per heavy atom. The quantitative estimate of drug-likeness (QED) is 0.766. The number of amides is 1. The zero-order valence-electron chi connectivity index (χ0n) is 8.90. The highest BCUT2D eigenvalue weighted by atomic mass is 32.2. The van der Waals surface area contributed by atoms with E-state index in [9.17, 15) is 9.59 Å². The molecule has 0 aliphatic carbocycles. The van der Waals surface area contributed by atoms with Crippen molar-refractivity contribution in [2.75, 3.05) is 12.3 Å². The summed E-state index contributed by atoms with van der Waals surface area (Å²) in [5.74, 6) is -0.615. The van der Waals surface area contributed by atoms with Crippen LogP contribution in [-0.4, -0.2) is 29.3 Å². The first kappa shape index (κ1) is 12.6. The number of benzene rings is 1. The summed E-state index contributed by atoms with van der Waals surface area (Å²) in [6, 6.07) is 6.46. The highest BCUT2D eigenvalue weighted by Crippen LogP contribution is 2.17. The van der Waals surface area contributed by atoms with Crippen molar-refractivity contribution >= 4 is 23.6 Å². The number of aromatic carboxylic acids is 1. The smallest absolute Gasteiger partial charge is 0.335 e. The molecule has 16 heavy (non-hydrogen) atoms. The van der Waals surface area contributed by atoms with Crippen LogP contribution in [0, 0.1) is 0 Å². The highest BCUT2D eigenvalue weighted by molar-refractivity contribution is 8.00. The van der Waals surface area contributed by atoms with Crippen LogP contribution < -0.4 is 5.32 Å². The average Bonchev–Trinajstić information content (AvgIpc) is 2.27. The van der Waals surface area contributed by atoms with E-state index in [1.165, 1.54) is 23.9 Å². The first-order valence-electron chi connectivity index (χ1n) is 4.86. The molecule has 0 aliphatic rings. The van der Waals surface area contributed by atoms with Crippen molar-refractivity contribution in [3.05, 3.63) is 29.8 Å². The number of hydrogen-bond donors (Lipinski definition) is 2. The van der Waals surface area contributed by atoms with Crippen molar-refractivity contribution in [2.45, 2.75) is 11.8 Å². The lowest BCUT2D eigenvalue weighted by Crippen LogP contribution is -2.24. The predicted octanol–water partition coefficient (Wildman–Crippen LogP) is 1.61. The first-order valence-corrected chi connectivity index (χ1v) is 5.85. The largest absolute Gasteiger partial charge is 0.478 e. The Hall–Kier alpha value is -1.49. The van der Waals surface area contributed by atoms with Crippen LogP contribution in [0.15, 0.2) is 29.2 Å². The Balaban J connectivity index is 2.49. The molecule has 5 heteroatoms. The predicted molar refractivity (Wildman–Crippen MR) is 62.8 cm³/mol. The molecule has 1 rings (SSSR count). The van der Waals surface area contributed by atoms with E-state index in [4.69, 9.17) is 5.11 Å². The monoisotopic (exact) mass is 239 g/mol. The number of carboxylic acid groups (broad SMARTS) is 1. The van der Waals surface area contributed by atoms with Crippen LogP contribution >= 0.6 is 11.8 Å². The second-order valence-corrected chi connectivity index (χ2v) is 4.12. The lowest BCUT2D eigenvalue weighted by atomic mass is 10.2. The topological polar surface area (TPSA) is 66.4 Å². The van der Waals surface area contributed by atoms with Gasteiger partial charge in [0.2, 0.25) is 5.91 Å². The number of carboxylic acids is 1. The summed E-state index contributed by atoms with van der Waals surface area (Å²) in [6.07, 6.45) is 0. The molecule has 2 N–H and O–H groups in total. The molecule has 0 heterocycles. The summed E-state index contributed by atoms with van der Waals surface area (Å²) in [7, 11) is 0. The Kier molecular flexibility index (Phi) is 4.85. The van der Waals surface area contributed by atoms with Gasteiger partial charge in [0.1, 0.15) is 0 Å². The lowest BCUT2D eigenvalue weighted by Gasteiger charge is -2.02. The molecule has 0 radical (unpaired) electrons. The summed E-state index contributed by atoms with van der Waals surface area (Å²) in [6.45, 7) is 2.49. The Labute approximate surface area is 98.0 Å². The van der Waals surface area contributed by atoms with Crippen molar-refractivity contribution < 1.29 is 14.7 Å². The third-order valence-corrected chi connectivity index (χ3v) is 2.86. The third-order valence-electron chi connectivity index (χ3n) is 1.85. The minimum Gasteiger partial charge on any atom is -0.478 e. The van der Waals surface area contributed by atoms with Crippen LogP contribution in [0.25, 0.3) is 0 Å². The normalized spacial score (nSPS) is 9.81. The van der Waals surface area contributed by atoms with Crippen LogP contribution in [0.2, 0.25) is 0 Å². The molecular formula is C11H13NO3S. The molecular weight excluding hydrogens is 226 g/mol. The van der Waals surface area contributed by atoms with E-state index in [0.717, 1.165) is 4.90 Å². The van der Waals surface area contributed by atoms with Crippen molar-refractivity contribution in [2.24, 2.45) is 0 Å². The van der Waals surface area contributed by atoms with Gasteiger partial charge in [0.05, 0.1) is 11.3 Å². The van der Waals surface area contributed by atoms with Gasteiger partial charge in [0, 0.05) is 11.4 Å². The Morgan fingerprint density at radius 1 is 1.31 bits per heavy atom. The molecule has 0 fully saturated rings. The van der Waals surface area contributed by atoms with Gasteiger partial charge in [-0.2, -0.15) is 0 Å². The van der Waals surface area contributed by atoms with Crippen LogP contribution in [-0.2, 0) is 4.79 Å². The van der Waals surface area contributed by atoms with Gasteiger partial charge in [-0.1, -0.05) is 0 Å². The Bertz CT molecular complexity index is 375. The third kappa shape index (κ3) is 3.94. The number of rotatable bonds is 5. The molecule has 0 aliphatic heterocycles. The van der Waals surface area contributed by atoms with Gasteiger partial charge in [0.25, 0.3) is 0 Å². The van der Waals surface area contributed by atoms with Crippen molar-refractivity contribution in [3.8, 4) is 0 Å². The summed E-state index contributed by atoms with van der Waals surface area (Å²) >= 11 is 1.38. The first-order chi connectivity index (χ1) is 7.63. The Morgan fingerprint density at radius 2 is 1.94 bits per heavy atom. The minimum absolute atomic E-state index is 0.0187. The maximum Gasteiger partial charge on any atom is 0.335 e. The van der Waals surface area contributed by atoms with E-state index >= 15 is 0 Å². The zero-order chi connectivity index (χ0) is 12.0. The van der Waals surface area contributed by atoms with E-state index in [-0.39, 0.29) is 11.5 Å². The molecule has 1 amide bonds. The van der Waals surface area contributed by atoms with Crippen LogP contribution in [0.5, 0.6) is 0 Å². The van der Waals surface area contributed by atoms with E-state index in [0.29, 0.717) is 12.3 Å². The van der Waals surface area contributed by atoms with Gasteiger partial charge in [-0.3, -0.25) is 4.79 Å². The molecule has 0 saturated carbocycles. The number of thioether (sulfide) groups is 1. The van der Waals surface area contributed by atoms with Gasteiger partial charge in [0.15, 0.2) is 0 Å². The van der Waals surface area contributed by atoms with Gasteiger partial charge in [-0.25, -0.2) is 4.79 Å². The van der Waals surface area contributed by atoms with Gasteiger partial charge >= 0.3 is 5.97 Å². The second-order valence-electron chi connectivity index (χ2n) is 3.07. The number of carbonyl (C=O) groups excluding carboxylic acids is 1. The number of nitrogens with one attached hydrogen (secondary N) is 1. The maximum atomic E-state index is 11.2. The van der Waals surface area contributed by atoms with Crippen molar-refractivity contribution in [1.29, 1.82) is 0 Å². The minimum atomic E-state index is -0.944. The van der Waals surface area contributed by atoms with Crippen LogP contribution in [0.3, 0.4) is 0 Å². The molecule has 0 aromatic heterocycles. The average molecular weight is 239 g/mol. The van der Waals surface area contributed by atoms with E-state index in [1.54, 1.807) is 12.1 Å². The fourth-order valence-electron chi connectivity index (χ4n) is 1.09. The molecule has 0 atom stereocenters. The molecule has 4 nitrogen and oxygen atoms in total. The molecule has 0 unspecified atom stereocenters. The van der Waals surface area contributed by atoms with Crippen LogP contribution in [0.1, 0.15) is 17.3 Å². The van der Waals surface area contributed by atoms with Gasteiger partial charge < -0.3 is 10.4 Å². The fraction of sp³-hybridized carbons (Fsp3) is 0.273. The van der Waals surface area contributed by atoms with Gasteiger partial charge in [-0.05, 0) is 31.2 Å². The molecule has 0 bridgehead atoms. The number of carbonyl (C=O) groups is 2. The van der Waals surface area contributed by atoms with Crippen molar-refractivity contribution in [1.82, 2.24) is 5.32 Å². The van der Waals surface area contributed by atoms with E-state index < -0.39 is 5.97 Å². The summed E-state index contributed by atoms with van der Waals surface area (Å²) in [5.41, 5.74) is 0.252. The SMILES string of the molecule is CCNC(=O)CSc1ccc(C(=O)O)cc1. The van der Waals surface area contributed by atoms with E-state index in [2.05, 4.69) is 5.32 Å². The number of hydrogen-bond acceptors (Lipinski definition) is 3. The molecule has 86 valence electrons. The molecule has 0 spiro atoms. The standard InChI is InChI=1S/C11H13NO3S/c1-2-12-10(13)7-16-9-5-3-8(4-6-9)11(14)15/h3-6H,2,7H2,1H3,(H,12,13)(H,14,15). The van der Waals surface area contributed by atoms with Gasteiger partial charge in [-0.15, -0.1) is 11.8 Å². The fourth-order valence-corrected chi connectivity index (χ4v) is 1.82. The zero-order valence-corrected chi connectivity index (χ0v) is 9.71. The van der Waals surface area contributed by atoms with Crippen molar-refractivity contribution in [3.63, 3.8) is 0 Å². The van der Waals surface area contributed by atoms with E-state index in [1.807, 2.05) is 6.92 Å². The second kappa shape index (κ2) is 6.17. The summed E-state index contributed by atoms with van der Waals surface area (Å²) < 4.78 is 0. The maximum absolute atomic E-state index is 11.2. The summed E-state index contributed by atoms with van der Waals surface area (Å²) in [5, 5.41) is 11.4. The molecule has 1 aromatic carbocycles. The summed E-state index contributed by atoms with van der Waals surface area (Å²) in [4.78, 5) is 22.6. The lowest BCUT2D eigenvalue weighted by molar-refractivity contribution is -0.118. The molecule has 0 saturated heterocycles. The van der Waals surface area contributed by atoms with Crippen LogP contribution in [0.4, 0.5) is 0 Å². The highest BCUT2D eigenvalue weighted by Gasteiger charge is 2.04.